The number of amides is 1. The molecule has 0 radical (unpaired) electrons. The van der Waals surface area contributed by atoms with Gasteiger partial charge in [0.05, 0.1) is 16.4 Å². The molecule has 0 atom stereocenters. The summed E-state index contributed by atoms with van der Waals surface area (Å²) in [5, 5.41) is 17.1. The van der Waals surface area contributed by atoms with Crippen molar-refractivity contribution in [3.05, 3.63) is 119 Å². The average molecular weight is 453 g/mol. The summed E-state index contributed by atoms with van der Waals surface area (Å²) in [4.78, 5) is 25.9. The SMILES string of the molecule is N#CC(=Cc1cn(-c2ccccc2)nc1C(=O)c1ccccc1)C(=O)Nc1ccccc1Cl. The van der Waals surface area contributed by atoms with Crippen LogP contribution >= 0.6 is 11.6 Å². The fourth-order valence-electron chi connectivity index (χ4n) is 3.16. The number of anilines is 1. The van der Waals surface area contributed by atoms with E-state index in [0.29, 0.717) is 21.8 Å². The minimum atomic E-state index is -0.642. The van der Waals surface area contributed by atoms with Gasteiger partial charge in [0, 0.05) is 17.3 Å². The number of hydrogen-bond acceptors (Lipinski definition) is 4. The standard InChI is InChI=1S/C26H17ClN4O2/c27-22-13-7-8-14-23(22)29-26(33)19(16-28)15-20-17-31(21-11-5-2-6-12-21)30-24(20)25(32)18-9-3-1-4-10-18/h1-15,17H,(H,29,33). The molecule has 0 aliphatic heterocycles. The van der Waals surface area contributed by atoms with Crippen LogP contribution in [0.25, 0.3) is 11.8 Å². The molecule has 3 aromatic carbocycles. The highest BCUT2D eigenvalue weighted by Gasteiger charge is 2.20. The van der Waals surface area contributed by atoms with Crippen LogP contribution in [0.2, 0.25) is 5.02 Å². The summed E-state index contributed by atoms with van der Waals surface area (Å²) < 4.78 is 1.54. The predicted octanol–water partition coefficient (Wildman–Crippen LogP) is 5.30. The second-order valence-corrected chi connectivity index (χ2v) is 7.42. The maximum absolute atomic E-state index is 13.2. The van der Waals surface area contributed by atoms with E-state index < -0.39 is 5.91 Å². The van der Waals surface area contributed by atoms with E-state index in [2.05, 4.69) is 10.4 Å². The quantitative estimate of drug-likeness (QED) is 0.244. The molecule has 6 nitrogen and oxygen atoms in total. The van der Waals surface area contributed by atoms with Gasteiger partial charge in [-0.05, 0) is 30.3 Å². The first kappa shape index (κ1) is 21.8. The lowest BCUT2D eigenvalue weighted by molar-refractivity contribution is -0.112. The van der Waals surface area contributed by atoms with Crippen LogP contribution in [-0.4, -0.2) is 21.5 Å². The van der Waals surface area contributed by atoms with Gasteiger partial charge in [-0.1, -0.05) is 72.3 Å². The zero-order valence-electron chi connectivity index (χ0n) is 17.3. The smallest absolute Gasteiger partial charge is 0.266 e. The summed E-state index contributed by atoms with van der Waals surface area (Å²) in [5.74, 6) is -0.962. The number of nitrogens with zero attached hydrogens (tertiary/aromatic N) is 3. The molecule has 0 bridgehead atoms. The highest BCUT2D eigenvalue weighted by Crippen LogP contribution is 2.23. The summed E-state index contributed by atoms with van der Waals surface area (Å²) in [6.45, 7) is 0. The highest BCUT2D eigenvalue weighted by atomic mass is 35.5. The maximum atomic E-state index is 13.2. The van der Waals surface area contributed by atoms with Crippen LogP contribution < -0.4 is 5.32 Å². The molecule has 0 unspecified atom stereocenters. The second-order valence-electron chi connectivity index (χ2n) is 7.01. The van der Waals surface area contributed by atoms with Crippen LogP contribution in [0.15, 0.2) is 96.7 Å². The third-order valence-corrected chi connectivity index (χ3v) is 5.13. The van der Waals surface area contributed by atoms with Crippen molar-refractivity contribution in [1.82, 2.24) is 9.78 Å². The second kappa shape index (κ2) is 9.77. The number of aromatic nitrogens is 2. The topological polar surface area (TPSA) is 87.8 Å². The molecule has 0 aliphatic rings. The number of carbonyl (C=O) groups is 2. The Morgan fingerprint density at radius 3 is 2.24 bits per heavy atom. The number of para-hydroxylation sites is 2. The molecule has 4 rings (SSSR count). The van der Waals surface area contributed by atoms with Gasteiger partial charge < -0.3 is 5.32 Å². The van der Waals surface area contributed by atoms with Crippen molar-refractivity contribution < 1.29 is 9.59 Å². The Labute approximate surface area is 195 Å². The normalized spacial score (nSPS) is 11.0. The summed E-state index contributed by atoms with van der Waals surface area (Å²) >= 11 is 6.11. The van der Waals surface area contributed by atoms with E-state index in [9.17, 15) is 14.9 Å². The molecule has 1 amide bonds. The van der Waals surface area contributed by atoms with Gasteiger partial charge in [0.15, 0.2) is 0 Å². The lowest BCUT2D eigenvalue weighted by Crippen LogP contribution is -2.14. The van der Waals surface area contributed by atoms with Gasteiger partial charge in [-0.15, -0.1) is 0 Å². The van der Waals surface area contributed by atoms with Crippen LogP contribution in [0.5, 0.6) is 0 Å². The van der Waals surface area contributed by atoms with Crippen LogP contribution in [-0.2, 0) is 4.79 Å². The van der Waals surface area contributed by atoms with Crippen LogP contribution in [0.3, 0.4) is 0 Å². The summed E-state index contributed by atoms with van der Waals surface area (Å²) in [5.41, 5.74) is 1.85. The molecular formula is C26H17ClN4O2. The third kappa shape index (κ3) is 4.90. The van der Waals surface area contributed by atoms with Crippen LogP contribution in [0, 0.1) is 11.3 Å². The van der Waals surface area contributed by atoms with Gasteiger partial charge in [0.2, 0.25) is 5.78 Å². The van der Waals surface area contributed by atoms with Gasteiger partial charge in [0.25, 0.3) is 5.91 Å². The van der Waals surface area contributed by atoms with E-state index in [1.54, 1.807) is 59.4 Å². The van der Waals surface area contributed by atoms with E-state index >= 15 is 0 Å². The molecule has 0 saturated carbocycles. The molecule has 0 aliphatic carbocycles. The molecule has 33 heavy (non-hydrogen) atoms. The maximum Gasteiger partial charge on any atom is 0.266 e. The molecule has 160 valence electrons. The lowest BCUT2D eigenvalue weighted by Gasteiger charge is -2.06. The van der Waals surface area contributed by atoms with Crippen molar-refractivity contribution in [1.29, 1.82) is 5.26 Å². The van der Waals surface area contributed by atoms with Crippen LogP contribution in [0.4, 0.5) is 5.69 Å². The highest BCUT2D eigenvalue weighted by molar-refractivity contribution is 6.34. The first-order valence-corrected chi connectivity index (χ1v) is 10.4. The van der Waals surface area contributed by atoms with E-state index in [0.717, 1.165) is 5.69 Å². The van der Waals surface area contributed by atoms with Crippen molar-refractivity contribution in [2.24, 2.45) is 0 Å². The van der Waals surface area contributed by atoms with E-state index in [-0.39, 0.29) is 17.1 Å². The molecule has 0 fully saturated rings. The number of carbonyl (C=O) groups excluding carboxylic acids is 2. The molecule has 1 heterocycles. The zero-order chi connectivity index (χ0) is 23.2. The molecule has 0 saturated heterocycles. The molecule has 7 heteroatoms. The molecule has 4 aromatic rings. The number of nitrogens with one attached hydrogen (secondary N) is 1. The van der Waals surface area contributed by atoms with Crippen LogP contribution in [0.1, 0.15) is 21.6 Å². The molecule has 1 N–H and O–H groups in total. The number of halogens is 1. The summed E-state index contributed by atoms with van der Waals surface area (Å²) in [6.07, 6.45) is 2.97. The Kier molecular flexibility index (Phi) is 6.44. The minimum absolute atomic E-state index is 0.128. The molecule has 0 spiro atoms. The van der Waals surface area contributed by atoms with Crippen molar-refractivity contribution in [2.45, 2.75) is 0 Å². The fourth-order valence-corrected chi connectivity index (χ4v) is 3.35. The third-order valence-electron chi connectivity index (χ3n) is 4.80. The summed E-state index contributed by atoms with van der Waals surface area (Å²) in [7, 11) is 0. The molecule has 1 aromatic heterocycles. The monoisotopic (exact) mass is 452 g/mol. The number of nitriles is 1. The minimum Gasteiger partial charge on any atom is -0.320 e. The van der Waals surface area contributed by atoms with Gasteiger partial charge in [-0.2, -0.15) is 10.4 Å². The fraction of sp³-hybridized carbons (Fsp3) is 0. The zero-order valence-corrected chi connectivity index (χ0v) is 18.0. The number of rotatable bonds is 6. The number of benzene rings is 3. The van der Waals surface area contributed by atoms with Crippen molar-refractivity contribution >= 4 is 35.1 Å². The van der Waals surface area contributed by atoms with Gasteiger partial charge >= 0.3 is 0 Å². The number of hydrogen-bond donors (Lipinski definition) is 1. The first-order valence-electron chi connectivity index (χ1n) is 9.99. The Hall–Kier alpha value is -4.47. The van der Waals surface area contributed by atoms with Crippen molar-refractivity contribution in [3.8, 4) is 11.8 Å². The van der Waals surface area contributed by atoms with Crippen molar-refractivity contribution in [3.63, 3.8) is 0 Å². The Balaban J connectivity index is 1.76. The van der Waals surface area contributed by atoms with Crippen molar-refractivity contribution in [2.75, 3.05) is 5.32 Å². The van der Waals surface area contributed by atoms with E-state index in [1.807, 2.05) is 42.5 Å². The van der Waals surface area contributed by atoms with Gasteiger partial charge in [0.1, 0.15) is 17.3 Å². The molecular weight excluding hydrogens is 436 g/mol. The van der Waals surface area contributed by atoms with E-state index in [4.69, 9.17) is 11.6 Å². The Morgan fingerprint density at radius 2 is 1.58 bits per heavy atom. The predicted molar refractivity (Wildman–Crippen MR) is 127 cm³/mol. The Bertz CT molecular complexity index is 1390. The average Bonchev–Trinajstić information content (AvgIpc) is 3.28. The van der Waals surface area contributed by atoms with Gasteiger partial charge in [-0.3, -0.25) is 9.59 Å². The Morgan fingerprint density at radius 1 is 0.939 bits per heavy atom. The summed E-state index contributed by atoms with van der Waals surface area (Å²) in [6, 6.07) is 26.6. The lowest BCUT2D eigenvalue weighted by atomic mass is 10.0. The van der Waals surface area contributed by atoms with Gasteiger partial charge in [-0.25, -0.2) is 4.68 Å². The number of ketones is 1. The largest absolute Gasteiger partial charge is 0.320 e. The van der Waals surface area contributed by atoms with E-state index in [1.165, 1.54) is 6.08 Å². The first-order chi connectivity index (χ1) is 16.1.